The van der Waals surface area contributed by atoms with E-state index >= 15 is 0 Å². The molecule has 0 aromatic rings. The van der Waals surface area contributed by atoms with Gasteiger partial charge in [0, 0.05) is 0 Å². The number of allylic oxidation sites excluding steroid dienone is 1. The Morgan fingerprint density at radius 2 is 1.50 bits per heavy atom. The molecule has 2 rings (SSSR count). The van der Waals surface area contributed by atoms with Crippen molar-refractivity contribution in [3.05, 3.63) is 11.6 Å². The molecule has 0 radical (unpaired) electrons. The molecule has 2 aliphatic heterocycles. The second kappa shape index (κ2) is 15.6. The molecule has 3 N–H and O–H groups in total. The van der Waals surface area contributed by atoms with Crippen LogP contribution >= 0.6 is 0 Å². The highest BCUT2D eigenvalue weighted by Crippen LogP contribution is 2.30. The van der Waals surface area contributed by atoms with Crippen LogP contribution in [0.5, 0.6) is 0 Å². The SMILES string of the molecule is C/C(=C\CCOC1OC2C(O)COC2C(O)C1O)CCCC(C)CCCC(C)CCCC(C)C. The molecule has 0 bridgehead atoms. The van der Waals surface area contributed by atoms with E-state index in [4.69, 9.17) is 14.2 Å². The Hall–Kier alpha value is -0.500. The summed E-state index contributed by atoms with van der Waals surface area (Å²) in [4.78, 5) is 0. The van der Waals surface area contributed by atoms with Crippen LogP contribution in [0, 0.1) is 17.8 Å². The first kappa shape index (κ1) is 29.7. The van der Waals surface area contributed by atoms with Crippen LogP contribution in [0.1, 0.15) is 98.8 Å². The normalized spacial score (nSPS) is 31.6. The molecule has 0 aromatic carbocycles. The van der Waals surface area contributed by atoms with Crippen LogP contribution < -0.4 is 0 Å². The van der Waals surface area contributed by atoms with Gasteiger partial charge in [-0.2, -0.15) is 0 Å². The molecule has 6 heteroatoms. The van der Waals surface area contributed by atoms with Crippen molar-refractivity contribution in [2.75, 3.05) is 13.2 Å². The fraction of sp³-hybridized carbons (Fsp3) is 0.929. The molecule has 6 nitrogen and oxygen atoms in total. The van der Waals surface area contributed by atoms with Crippen molar-refractivity contribution in [3.63, 3.8) is 0 Å². The Morgan fingerprint density at radius 1 is 0.882 bits per heavy atom. The number of aliphatic hydroxyl groups excluding tert-OH is 3. The molecule has 2 fully saturated rings. The molecule has 0 spiro atoms. The number of hydrogen-bond acceptors (Lipinski definition) is 6. The molecule has 0 saturated carbocycles. The van der Waals surface area contributed by atoms with Crippen molar-refractivity contribution in [2.45, 2.75) is 136 Å². The lowest BCUT2D eigenvalue weighted by molar-refractivity contribution is -0.292. The third-order valence-electron chi connectivity index (χ3n) is 7.45. The molecule has 2 aliphatic rings. The molecule has 0 amide bonds. The monoisotopic (exact) mass is 484 g/mol. The molecule has 2 saturated heterocycles. The van der Waals surface area contributed by atoms with Gasteiger partial charge >= 0.3 is 0 Å². The standard InChI is InChI=1S/C28H52O6/c1-19(2)10-6-11-20(3)12-7-13-21(4)14-8-15-22(5)16-9-17-32-28-25(31)24(30)27-26(34-28)23(29)18-33-27/h16,19-21,23-31H,6-15,17-18H2,1-5H3/b22-16+. The molecular weight excluding hydrogens is 432 g/mol. The fourth-order valence-electron chi connectivity index (χ4n) is 5.11. The minimum absolute atomic E-state index is 0.101. The van der Waals surface area contributed by atoms with Gasteiger partial charge in [0.15, 0.2) is 6.29 Å². The summed E-state index contributed by atoms with van der Waals surface area (Å²) in [5.74, 6) is 2.48. The Morgan fingerprint density at radius 3 is 2.15 bits per heavy atom. The predicted octanol–water partition coefficient (Wildman–Crippen LogP) is 4.98. The van der Waals surface area contributed by atoms with E-state index in [9.17, 15) is 15.3 Å². The number of aliphatic hydroxyl groups is 3. The van der Waals surface area contributed by atoms with Gasteiger partial charge in [-0.1, -0.05) is 84.3 Å². The Labute approximate surface area is 208 Å². The zero-order valence-electron chi connectivity index (χ0n) is 22.3. The molecule has 200 valence electrons. The van der Waals surface area contributed by atoms with Crippen molar-refractivity contribution in [3.8, 4) is 0 Å². The summed E-state index contributed by atoms with van der Waals surface area (Å²) in [6.07, 6.45) is 9.27. The van der Waals surface area contributed by atoms with Gasteiger partial charge < -0.3 is 29.5 Å². The van der Waals surface area contributed by atoms with Crippen molar-refractivity contribution in [1.29, 1.82) is 0 Å². The molecule has 8 atom stereocenters. The van der Waals surface area contributed by atoms with E-state index in [0.29, 0.717) is 6.61 Å². The van der Waals surface area contributed by atoms with E-state index in [2.05, 4.69) is 40.7 Å². The van der Waals surface area contributed by atoms with Gasteiger partial charge in [0.2, 0.25) is 0 Å². The first-order chi connectivity index (χ1) is 16.2. The lowest BCUT2D eigenvalue weighted by Crippen LogP contribution is -2.58. The minimum atomic E-state index is -1.18. The maximum atomic E-state index is 10.2. The van der Waals surface area contributed by atoms with E-state index in [0.717, 1.165) is 30.6 Å². The number of ether oxygens (including phenoxy) is 3. The summed E-state index contributed by atoms with van der Waals surface area (Å²) in [6.45, 7) is 12.1. The first-order valence-electron chi connectivity index (χ1n) is 13.8. The highest BCUT2D eigenvalue weighted by atomic mass is 16.7. The van der Waals surface area contributed by atoms with Crippen LogP contribution in [0.2, 0.25) is 0 Å². The molecule has 34 heavy (non-hydrogen) atoms. The quantitative estimate of drug-likeness (QED) is 0.211. The van der Waals surface area contributed by atoms with Gasteiger partial charge in [-0.3, -0.25) is 0 Å². The van der Waals surface area contributed by atoms with E-state index in [-0.39, 0.29) is 6.61 Å². The topological polar surface area (TPSA) is 88.4 Å². The molecule has 2 heterocycles. The van der Waals surface area contributed by atoms with E-state index < -0.39 is 36.8 Å². The van der Waals surface area contributed by atoms with Crippen molar-refractivity contribution in [2.24, 2.45) is 17.8 Å². The van der Waals surface area contributed by atoms with Crippen LogP contribution in [0.25, 0.3) is 0 Å². The van der Waals surface area contributed by atoms with E-state index in [1.807, 2.05) is 0 Å². The van der Waals surface area contributed by atoms with Gasteiger partial charge in [-0.25, -0.2) is 0 Å². The zero-order chi connectivity index (χ0) is 25.1. The maximum Gasteiger partial charge on any atom is 0.186 e. The number of fused-ring (bicyclic) bond motifs is 1. The van der Waals surface area contributed by atoms with Gasteiger partial charge in [-0.05, 0) is 43.9 Å². The highest BCUT2D eigenvalue weighted by molar-refractivity contribution is 4.99. The van der Waals surface area contributed by atoms with Crippen LogP contribution in [-0.2, 0) is 14.2 Å². The predicted molar refractivity (Wildman–Crippen MR) is 135 cm³/mol. The minimum Gasteiger partial charge on any atom is -0.388 e. The average molecular weight is 485 g/mol. The molecule has 8 unspecified atom stereocenters. The molecular formula is C28H52O6. The summed E-state index contributed by atoms with van der Waals surface area (Å²) in [6, 6.07) is 0. The van der Waals surface area contributed by atoms with Crippen LogP contribution in [0.4, 0.5) is 0 Å². The summed E-state index contributed by atoms with van der Waals surface area (Å²) in [5.41, 5.74) is 1.36. The smallest absolute Gasteiger partial charge is 0.186 e. The van der Waals surface area contributed by atoms with Gasteiger partial charge in [0.25, 0.3) is 0 Å². The molecule has 0 aromatic heterocycles. The summed E-state index contributed by atoms with van der Waals surface area (Å²) >= 11 is 0. The Kier molecular flexibility index (Phi) is 13.6. The highest BCUT2D eigenvalue weighted by Gasteiger charge is 2.51. The molecule has 0 aliphatic carbocycles. The Balaban J connectivity index is 1.53. The van der Waals surface area contributed by atoms with E-state index in [1.54, 1.807) is 0 Å². The second-order valence-corrected chi connectivity index (χ2v) is 11.4. The Bertz CT molecular complexity index is 579. The average Bonchev–Trinajstić information content (AvgIpc) is 3.14. The first-order valence-corrected chi connectivity index (χ1v) is 13.8. The van der Waals surface area contributed by atoms with Gasteiger partial charge in [-0.15, -0.1) is 0 Å². The van der Waals surface area contributed by atoms with Crippen LogP contribution in [0.15, 0.2) is 11.6 Å². The summed E-state index contributed by atoms with van der Waals surface area (Å²) in [7, 11) is 0. The van der Waals surface area contributed by atoms with Crippen LogP contribution in [-0.4, -0.2) is 65.3 Å². The second-order valence-electron chi connectivity index (χ2n) is 11.4. The fourth-order valence-corrected chi connectivity index (χ4v) is 5.11. The maximum absolute atomic E-state index is 10.2. The lowest BCUT2D eigenvalue weighted by Gasteiger charge is -2.39. The lowest BCUT2D eigenvalue weighted by atomic mass is 9.91. The van der Waals surface area contributed by atoms with Gasteiger partial charge in [0.05, 0.1) is 13.2 Å². The van der Waals surface area contributed by atoms with Crippen molar-refractivity contribution >= 4 is 0 Å². The van der Waals surface area contributed by atoms with Crippen molar-refractivity contribution in [1.82, 2.24) is 0 Å². The van der Waals surface area contributed by atoms with Crippen LogP contribution in [0.3, 0.4) is 0 Å². The van der Waals surface area contributed by atoms with E-state index in [1.165, 1.54) is 56.9 Å². The largest absolute Gasteiger partial charge is 0.388 e. The summed E-state index contributed by atoms with van der Waals surface area (Å²) in [5, 5.41) is 30.3. The third kappa shape index (κ3) is 10.2. The summed E-state index contributed by atoms with van der Waals surface area (Å²) < 4.78 is 16.6. The number of hydrogen-bond donors (Lipinski definition) is 3. The van der Waals surface area contributed by atoms with Crippen molar-refractivity contribution < 1.29 is 29.5 Å². The zero-order valence-corrected chi connectivity index (χ0v) is 22.3. The number of rotatable bonds is 16. The third-order valence-corrected chi connectivity index (χ3v) is 7.45. The van der Waals surface area contributed by atoms with Gasteiger partial charge in [0.1, 0.15) is 30.5 Å².